The summed E-state index contributed by atoms with van der Waals surface area (Å²) in [6.07, 6.45) is 2.55. The molecule has 0 aromatic heterocycles. The maximum Gasteiger partial charge on any atom is 0.191 e. The monoisotopic (exact) mass is 384 g/mol. The molecule has 0 aromatic rings. The summed E-state index contributed by atoms with van der Waals surface area (Å²) in [6.45, 7) is 7.75. The Labute approximate surface area is 134 Å². The number of likely N-dealkylation sites (tertiary alicyclic amines) is 1. The van der Waals surface area contributed by atoms with Crippen LogP contribution in [0.2, 0.25) is 0 Å². The minimum Gasteiger partial charge on any atom is -0.380 e. The van der Waals surface area contributed by atoms with Crippen LogP contribution in [0.25, 0.3) is 0 Å². The summed E-state index contributed by atoms with van der Waals surface area (Å²) in [4.78, 5) is 6.61. The first kappa shape index (κ1) is 18.9. The van der Waals surface area contributed by atoms with Gasteiger partial charge in [-0.05, 0) is 45.8 Å². The third-order valence-electron chi connectivity index (χ3n) is 3.36. The van der Waals surface area contributed by atoms with Gasteiger partial charge in [0, 0.05) is 26.7 Å². The number of aliphatic imine (C=N–C) groups is 1. The normalized spacial score (nSPS) is 17.9. The molecule has 0 atom stereocenters. The highest BCUT2D eigenvalue weighted by atomic mass is 127. The van der Waals surface area contributed by atoms with E-state index in [1.807, 2.05) is 14.0 Å². The summed E-state index contributed by atoms with van der Waals surface area (Å²) in [5.41, 5.74) is 0. The van der Waals surface area contributed by atoms with Gasteiger partial charge in [-0.3, -0.25) is 4.99 Å². The van der Waals surface area contributed by atoms with E-state index in [4.69, 9.17) is 4.74 Å². The third-order valence-corrected chi connectivity index (χ3v) is 3.36. The van der Waals surface area contributed by atoms with Crippen LogP contribution in [0.3, 0.4) is 0 Å². The summed E-state index contributed by atoms with van der Waals surface area (Å²) in [5.74, 6) is 1.65. The number of nitrogens with one attached hydrogen (secondary N) is 2. The molecule has 0 spiro atoms. The van der Waals surface area contributed by atoms with Crippen molar-refractivity contribution >= 4 is 29.9 Å². The molecule has 0 aromatic carbocycles. The molecule has 6 heteroatoms. The van der Waals surface area contributed by atoms with E-state index in [9.17, 15) is 0 Å². The van der Waals surface area contributed by atoms with E-state index in [0.717, 1.165) is 38.2 Å². The number of halogens is 1. The van der Waals surface area contributed by atoms with Crippen LogP contribution in [0.15, 0.2) is 4.99 Å². The van der Waals surface area contributed by atoms with Gasteiger partial charge in [0.2, 0.25) is 0 Å². The van der Waals surface area contributed by atoms with Gasteiger partial charge >= 0.3 is 0 Å². The lowest BCUT2D eigenvalue weighted by Crippen LogP contribution is -2.43. The fourth-order valence-corrected chi connectivity index (χ4v) is 2.11. The van der Waals surface area contributed by atoms with E-state index in [2.05, 4.69) is 27.6 Å². The topological polar surface area (TPSA) is 48.9 Å². The van der Waals surface area contributed by atoms with Crippen LogP contribution < -0.4 is 10.6 Å². The zero-order valence-electron chi connectivity index (χ0n) is 12.4. The average molecular weight is 384 g/mol. The first-order chi connectivity index (χ1) is 8.76. The first-order valence-electron chi connectivity index (χ1n) is 6.97. The molecule has 0 radical (unpaired) electrons. The molecule has 19 heavy (non-hydrogen) atoms. The molecule has 0 saturated carbocycles. The Morgan fingerprint density at radius 1 is 1.32 bits per heavy atom. The highest BCUT2D eigenvalue weighted by Crippen LogP contribution is 2.14. The van der Waals surface area contributed by atoms with Crippen molar-refractivity contribution in [2.75, 3.05) is 53.5 Å². The van der Waals surface area contributed by atoms with Crippen LogP contribution in [-0.2, 0) is 4.74 Å². The number of hydrogen-bond donors (Lipinski definition) is 2. The number of nitrogens with zero attached hydrogens (tertiary/aromatic N) is 2. The second kappa shape index (κ2) is 11.7. The van der Waals surface area contributed by atoms with Crippen molar-refractivity contribution in [2.24, 2.45) is 10.9 Å². The van der Waals surface area contributed by atoms with E-state index < -0.39 is 0 Å². The Morgan fingerprint density at radius 2 is 2.00 bits per heavy atom. The van der Waals surface area contributed by atoms with Crippen LogP contribution in [-0.4, -0.2) is 64.3 Å². The maximum atomic E-state index is 5.28. The number of rotatable bonds is 6. The molecule has 1 saturated heterocycles. The smallest absolute Gasteiger partial charge is 0.191 e. The predicted molar refractivity (Wildman–Crippen MR) is 91.5 cm³/mol. The maximum absolute atomic E-state index is 5.28. The molecule has 1 fully saturated rings. The van der Waals surface area contributed by atoms with Crippen molar-refractivity contribution < 1.29 is 4.74 Å². The fraction of sp³-hybridized carbons (Fsp3) is 0.923. The van der Waals surface area contributed by atoms with E-state index in [1.165, 1.54) is 25.9 Å². The molecular formula is C13H29IN4O. The molecule has 0 unspecified atom stereocenters. The van der Waals surface area contributed by atoms with Gasteiger partial charge in [0.05, 0.1) is 6.61 Å². The molecule has 1 aliphatic heterocycles. The Kier molecular flexibility index (Phi) is 11.7. The van der Waals surface area contributed by atoms with Gasteiger partial charge in [-0.25, -0.2) is 0 Å². The standard InChI is InChI=1S/C13H28N4O.HI/c1-4-18-10-7-15-13(14-2)16-11-12-5-8-17(3)9-6-12;/h12H,4-11H2,1-3H3,(H2,14,15,16);1H. The third kappa shape index (κ3) is 8.65. The van der Waals surface area contributed by atoms with Crippen LogP contribution in [0.5, 0.6) is 0 Å². The molecule has 1 aliphatic rings. The minimum absolute atomic E-state index is 0. The number of guanidine groups is 1. The zero-order valence-corrected chi connectivity index (χ0v) is 14.8. The van der Waals surface area contributed by atoms with Crippen molar-refractivity contribution in [3.05, 3.63) is 0 Å². The number of hydrogen-bond acceptors (Lipinski definition) is 3. The Bertz CT molecular complexity index is 243. The van der Waals surface area contributed by atoms with Crippen molar-refractivity contribution in [3.63, 3.8) is 0 Å². The number of ether oxygens (including phenoxy) is 1. The summed E-state index contributed by atoms with van der Waals surface area (Å²) >= 11 is 0. The average Bonchev–Trinajstić information content (AvgIpc) is 2.40. The molecule has 0 aliphatic carbocycles. The van der Waals surface area contributed by atoms with Crippen LogP contribution in [0, 0.1) is 5.92 Å². The molecular weight excluding hydrogens is 355 g/mol. The minimum atomic E-state index is 0. The van der Waals surface area contributed by atoms with Gasteiger partial charge in [0.1, 0.15) is 0 Å². The van der Waals surface area contributed by atoms with E-state index in [-0.39, 0.29) is 24.0 Å². The van der Waals surface area contributed by atoms with Gasteiger partial charge in [-0.1, -0.05) is 0 Å². The fourth-order valence-electron chi connectivity index (χ4n) is 2.11. The molecule has 114 valence electrons. The van der Waals surface area contributed by atoms with E-state index in [0.29, 0.717) is 0 Å². The summed E-state index contributed by atoms with van der Waals surface area (Å²) < 4.78 is 5.28. The van der Waals surface area contributed by atoms with Crippen molar-refractivity contribution in [1.82, 2.24) is 15.5 Å². The van der Waals surface area contributed by atoms with Gasteiger partial charge in [-0.2, -0.15) is 0 Å². The van der Waals surface area contributed by atoms with Crippen LogP contribution in [0.1, 0.15) is 19.8 Å². The second-order valence-electron chi connectivity index (χ2n) is 4.82. The SMILES string of the molecule is CCOCCNC(=NC)NCC1CCN(C)CC1.I. The Balaban J connectivity index is 0.00000324. The number of piperidine rings is 1. The lowest BCUT2D eigenvalue weighted by Gasteiger charge is -2.29. The zero-order chi connectivity index (χ0) is 13.2. The molecule has 2 N–H and O–H groups in total. The summed E-state index contributed by atoms with van der Waals surface area (Å²) in [6, 6.07) is 0. The highest BCUT2D eigenvalue weighted by Gasteiger charge is 2.16. The van der Waals surface area contributed by atoms with Gasteiger partial charge in [0.15, 0.2) is 5.96 Å². The predicted octanol–water partition coefficient (Wildman–Crippen LogP) is 1.15. The lowest BCUT2D eigenvalue weighted by molar-refractivity contribution is 0.152. The summed E-state index contributed by atoms with van der Waals surface area (Å²) in [5, 5.41) is 6.65. The Hall–Kier alpha value is -0.0800. The molecule has 1 heterocycles. The highest BCUT2D eigenvalue weighted by molar-refractivity contribution is 14.0. The van der Waals surface area contributed by atoms with Crippen molar-refractivity contribution in [2.45, 2.75) is 19.8 Å². The van der Waals surface area contributed by atoms with E-state index >= 15 is 0 Å². The van der Waals surface area contributed by atoms with Crippen molar-refractivity contribution in [3.8, 4) is 0 Å². The molecule has 0 amide bonds. The molecule has 1 rings (SSSR count). The van der Waals surface area contributed by atoms with Crippen molar-refractivity contribution in [1.29, 1.82) is 0 Å². The lowest BCUT2D eigenvalue weighted by atomic mass is 9.97. The molecule has 5 nitrogen and oxygen atoms in total. The second-order valence-corrected chi connectivity index (χ2v) is 4.82. The van der Waals surface area contributed by atoms with Gasteiger partial charge in [0.25, 0.3) is 0 Å². The van der Waals surface area contributed by atoms with Crippen LogP contribution >= 0.6 is 24.0 Å². The Morgan fingerprint density at radius 3 is 2.58 bits per heavy atom. The van der Waals surface area contributed by atoms with E-state index in [1.54, 1.807) is 0 Å². The quantitative estimate of drug-likeness (QED) is 0.312. The first-order valence-corrected chi connectivity index (χ1v) is 6.97. The molecule has 0 bridgehead atoms. The van der Waals surface area contributed by atoms with Gasteiger partial charge < -0.3 is 20.3 Å². The van der Waals surface area contributed by atoms with Crippen LogP contribution in [0.4, 0.5) is 0 Å². The van der Waals surface area contributed by atoms with Gasteiger partial charge in [-0.15, -0.1) is 24.0 Å². The largest absolute Gasteiger partial charge is 0.380 e. The summed E-state index contributed by atoms with van der Waals surface area (Å²) in [7, 11) is 4.00.